The third-order valence-electron chi connectivity index (χ3n) is 1.65. The van der Waals surface area contributed by atoms with E-state index < -0.39 is 8.32 Å². The molecule has 0 aliphatic carbocycles. The highest BCUT2D eigenvalue weighted by atomic mass is 28.4. The standard InChI is InChI=1S/C8H18OSi/c1-5-8-10(4,7-3)9-6-2/h7H,3,5-6,8H2,1-2,4H3. The highest BCUT2D eigenvalue weighted by molar-refractivity contribution is 6.77. The summed E-state index contributed by atoms with van der Waals surface area (Å²) in [5.74, 6) is 0. The Morgan fingerprint density at radius 2 is 2.10 bits per heavy atom. The monoisotopic (exact) mass is 158 g/mol. The summed E-state index contributed by atoms with van der Waals surface area (Å²) >= 11 is 0. The van der Waals surface area contributed by atoms with Crippen molar-refractivity contribution in [3.05, 3.63) is 12.3 Å². The average molecular weight is 158 g/mol. The quantitative estimate of drug-likeness (QED) is 0.559. The first kappa shape index (κ1) is 9.92. The van der Waals surface area contributed by atoms with Crippen molar-refractivity contribution in [2.45, 2.75) is 32.9 Å². The largest absolute Gasteiger partial charge is 0.414 e. The first-order valence-electron chi connectivity index (χ1n) is 3.96. The number of hydrogen-bond acceptors (Lipinski definition) is 1. The van der Waals surface area contributed by atoms with Gasteiger partial charge < -0.3 is 4.43 Å². The Morgan fingerprint density at radius 3 is 2.40 bits per heavy atom. The van der Waals surface area contributed by atoms with E-state index in [9.17, 15) is 0 Å². The van der Waals surface area contributed by atoms with Crippen molar-refractivity contribution >= 4 is 8.32 Å². The predicted octanol–water partition coefficient (Wildman–Crippen LogP) is 2.73. The Bertz CT molecular complexity index is 95.4. The minimum absolute atomic E-state index is 0.828. The van der Waals surface area contributed by atoms with Crippen LogP contribution in [0.4, 0.5) is 0 Å². The molecule has 0 amide bonds. The van der Waals surface area contributed by atoms with Crippen LogP contribution in [0.1, 0.15) is 20.3 Å². The molecule has 60 valence electrons. The Kier molecular flexibility index (Phi) is 4.65. The van der Waals surface area contributed by atoms with E-state index in [4.69, 9.17) is 4.43 Å². The zero-order valence-corrected chi connectivity index (χ0v) is 8.31. The molecule has 0 aromatic carbocycles. The van der Waals surface area contributed by atoms with Crippen molar-refractivity contribution in [1.29, 1.82) is 0 Å². The van der Waals surface area contributed by atoms with E-state index in [0.717, 1.165) is 6.61 Å². The minimum atomic E-state index is -1.46. The lowest BCUT2D eigenvalue weighted by atomic mass is 10.6. The van der Waals surface area contributed by atoms with Gasteiger partial charge >= 0.3 is 0 Å². The van der Waals surface area contributed by atoms with Crippen LogP contribution in [-0.2, 0) is 4.43 Å². The summed E-state index contributed by atoms with van der Waals surface area (Å²) in [6.07, 6.45) is 1.20. The van der Waals surface area contributed by atoms with Gasteiger partial charge in [-0.15, -0.1) is 6.58 Å². The van der Waals surface area contributed by atoms with Gasteiger partial charge in [-0.1, -0.05) is 19.0 Å². The SMILES string of the molecule is C=C[Si](C)(CCC)OCC. The third-order valence-corrected chi connectivity index (χ3v) is 4.96. The molecule has 1 nitrogen and oxygen atoms in total. The van der Waals surface area contributed by atoms with Crippen LogP contribution in [0, 0.1) is 0 Å². The normalized spacial score (nSPS) is 16.3. The maximum Gasteiger partial charge on any atom is 0.213 e. The summed E-state index contributed by atoms with van der Waals surface area (Å²) in [6.45, 7) is 11.1. The number of rotatable bonds is 5. The van der Waals surface area contributed by atoms with Gasteiger partial charge in [-0.05, 0) is 19.5 Å². The molecule has 0 spiro atoms. The molecule has 0 saturated carbocycles. The summed E-state index contributed by atoms with van der Waals surface area (Å²) < 4.78 is 5.64. The van der Waals surface area contributed by atoms with Gasteiger partial charge in [0.15, 0.2) is 0 Å². The molecule has 0 radical (unpaired) electrons. The molecule has 1 unspecified atom stereocenters. The third kappa shape index (κ3) is 3.18. The van der Waals surface area contributed by atoms with E-state index in [1.54, 1.807) is 0 Å². The fourth-order valence-electron chi connectivity index (χ4n) is 1.06. The van der Waals surface area contributed by atoms with Crippen molar-refractivity contribution in [1.82, 2.24) is 0 Å². The van der Waals surface area contributed by atoms with Crippen LogP contribution in [0.25, 0.3) is 0 Å². The van der Waals surface area contributed by atoms with Crippen LogP contribution in [-0.4, -0.2) is 14.9 Å². The molecule has 0 aromatic heterocycles. The van der Waals surface area contributed by atoms with Crippen molar-refractivity contribution < 1.29 is 4.43 Å². The lowest BCUT2D eigenvalue weighted by Gasteiger charge is -2.21. The van der Waals surface area contributed by atoms with E-state index in [0.29, 0.717) is 0 Å². The van der Waals surface area contributed by atoms with Gasteiger partial charge in [0.2, 0.25) is 8.32 Å². The molecule has 0 N–H and O–H groups in total. The Morgan fingerprint density at radius 1 is 1.50 bits per heavy atom. The summed E-state index contributed by atoms with van der Waals surface area (Å²) in [7, 11) is -1.46. The zero-order chi connectivity index (χ0) is 8.04. The lowest BCUT2D eigenvalue weighted by Crippen LogP contribution is -2.31. The van der Waals surface area contributed by atoms with Crippen LogP contribution >= 0.6 is 0 Å². The van der Waals surface area contributed by atoms with Gasteiger partial charge in [0.1, 0.15) is 0 Å². The molecule has 0 rings (SSSR count). The van der Waals surface area contributed by atoms with Crippen LogP contribution < -0.4 is 0 Å². The van der Waals surface area contributed by atoms with Gasteiger partial charge in [-0.25, -0.2) is 0 Å². The minimum Gasteiger partial charge on any atom is -0.414 e. The molecule has 10 heavy (non-hydrogen) atoms. The van der Waals surface area contributed by atoms with E-state index in [1.807, 2.05) is 12.6 Å². The van der Waals surface area contributed by atoms with E-state index in [1.165, 1.54) is 12.5 Å². The van der Waals surface area contributed by atoms with E-state index in [-0.39, 0.29) is 0 Å². The van der Waals surface area contributed by atoms with Crippen LogP contribution in [0.5, 0.6) is 0 Å². The highest BCUT2D eigenvalue weighted by Gasteiger charge is 2.22. The van der Waals surface area contributed by atoms with Gasteiger partial charge in [-0.3, -0.25) is 0 Å². The smallest absolute Gasteiger partial charge is 0.213 e. The molecule has 1 atom stereocenters. The molecule has 0 aliphatic heterocycles. The molecule has 0 aliphatic rings. The van der Waals surface area contributed by atoms with Crippen molar-refractivity contribution in [2.24, 2.45) is 0 Å². The van der Waals surface area contributed by atoms with Crippen molar-refractivity contribution in [3.63, 3.8) is 0 Å². The highest BCUT2D eigenvalue weighted by Crippen LogP contribution is 2.14. The molecular formula is C8H18OSi. The predicted molar refractivity (Wildman–Crippen MR) is 48.5 cm³/mol. The molecule has 0 heterocycles. The second kappa shape index (κ2) is 4.69. The summed E-state index contributed by atoms with van der Waals surface area (Å²) in [4.78, 5) is 0. The van der Waals surface area contributed by atoms with E-state index >= 15 is 0 Å². The van der Waals surface area contributed by atoms with Crippen molar-refractivity contribution in [2.75, 3.05) is 6.61 Å². The van der Waals surface area contributed by atoms with Crippen molar-refractivity contribution in [3.8, 4) is 0 Å². The van der Waals surface area contributed by atoms with Crippen LogP contribution in [0.3, 0.4) is 0 Å². The lowest BCUT2D eigenvalue weighted by molar-refractivity contribution is 0.332. The first-order chi connectivity index (χ1) is 4.68. The van der Waals surface area contributed by atoms with Crippen LogP contribution in [0.15, 0.2) is 12.3 Å². The van der Waals surface area contributed by atoms with Gasteiger partial charge in [0.25, 0.3) is 0 Å². The molecule has 0 bridgehead atoms. The zero-order valence-electron chi connectivity index (χ0n) is 7.31. The molecular weight excluding hydrogens is 140 g/mol. The second-order valence-electron chi connectivity index (χ2n) is 2.70. The van der Waals surface area contributed by atoms with Gasteiger partial charge in [0, 0.05) is 6.61 Å². The molecule has 0 aromatic rings. The van der Waals surface area contributed by atoms with Gasteiger partial charge in [-0.2, -0.15) is 0 Å². The fraction of sp³-hybridized carbons (Fsp3) is 0.750. The second-order valence-corrected chi connectivity index (χ2v) is 6.52. The Labute approximate surface area is 65.2 Å². The fourth-order valence-corrected chi connectivity index (χ4v) is 3.18. The Balaban J connectivity index is 3.81. The summed E-state index contributed by atoms with van der Waals surface area (Å²) in [5, 5.41) is 0. The summed E-state index contributed by atoms with van der Waals surface area (Å²) in [6, 6.07) is 1.20. The van der Waals surface area contributed by atoms with Gasteiger partial charge in [0.05, 0.1) is 0 Å². The van der Waals surface area contributed by atoms with E-state index in [2.05, 4.69) is 20.0 Å². The maximum absolute atomic E-state index is 5.64. The summed E-state index contributed by atoms with van der Waals surface area (Å²) in [5.41, 5.74) is 2.03. The van der Waals surface area contributed by atoms with Crippen LogP contribution in [0.2, 0.25) is 12.6 Å². The number of hydrogen-bond donors (Lipinski definition) is 0. The molecule has 0 saturated heterocycles. The first-order valence-corrected chi connectivity index (χ1v) is 6.65. The molecule has 0 fully saturated rings. The maximum atomic E-state index is 5.64. The molecule has 2 heteroatoms. The Hall–Kier alpha value is -0.0831. The average Bonchev–Trinajstić information content (AvgIpc) is 1.89. The topological polar surface area (TPSA) is 9.23 Å².